The van der Waals surface area contributed by atoms with Crippen molar-refractivity contribution in [3.63, 3.8) is 0 Å². The second kappa shape index (κ2) is 3.46. The van der Waals surface area contributed by atoms with Gasteiger partial charge >= 0.3 is 5.97 Å². The summed E-state index contributed by atoms with van der Waals surface area (Å²) in [5, 5.41) is 19.5. The average molecular weight is 224 g/mol. The van der Waals surface area contributed by atoms with Crippen LogP contribution in [0.2, 0.25) is 0 Å². The molecule has 16 heavy (non-hydrogen) atoms. The first kappa shape index (κ1) is 10.6. The van der Waals surface area contributed by atoms with E-state index in [-0.39, 0.29) is 6.42 Å². The van der Waals surface area contributed by atoms with Crippen LogP contribution in [0.25, 0.3) is 0 Å². The first-order chi connectivity index (χ1) is 7.58. The molecule has 0 spiro atoms. The van der Waals surface area contributed by atoms with Gasteiger partial charge in [-0.2, -0.15) is 0 Å². The normalized spacial score (nSPS) is 49.6. The Hall–Kier alpha value is -0.570. The fraction of sp³-hybridized carbons (Fsp3) is 0.923. The van der Waals surface area contributed by atoms with E-state index in [1.165, 1.54) is 6.42 Å². The van der Waals surface area contributed by atoms with Crippen LogP contribution in [0.1, 0.15) is 44.9 Å². The summed E-state index contributed by atoms with van der Waals surface area (Å²) in [6.07, 6.45) is 6.52. The zero-order chi connectivity index (χ0) is 11.3. The lowest BCUT2D eigenvalue weighted by atomic mass is 9.49. The highest BCUT2D eigenvalue weighted by molar-refractivity contribution is 5.66. The van der Waals surface area contributed by atoms with Crippen LogP contribution >= 0.6 is 0 Å². The van der Waals surface area contributed by atoms with E-state index in [4.69, 9.17) is 5.11 Å². The summed E-state index contributed by atoms with van der Waals surface area (Å²) in [5.41, 5.74) is -0.647. The Morgan fingerprint density at radius 2 is 1.56 bits per heavy atom. The quantitative estimate of drug-likeness (QED) is 0.771. The van der Waals surface area contributed by atoms with Gasteiger partial charge in [0.2, 0.25) is 0 Å². The summed E-state index contributed by atoms with van der Waals surface area (Å²) in [6.45, 7) is 0. The first-order valence-electron chi connectivity index (χ1n) is 6.52. The highest BCUT2D eigenvalue weighted by Gasteiger charge is 2.56. The number of hydrogen-bond acceptors (Lipinski definition) is 2. The van der Waals surface area contributed by atoms with E-state index in [1.54, 1.807) is 0 Å². The molecule has 3 nitrogen and oxygen atoms in total. The largest absolute Gasteiger partial charge is 0.481 e. The Labute approximate surface area is 95.9 Å². The highest BCUT2D eigenvalue weighted by Crippen LogP contribution is 2.59. The Bertz CT molecular complexity index is 282. The zero-order valence-corrected chi connectivity index (χ0v) is 9.56. The van der Waals surface area contributed by atoms with Gasteiger partial charge in [0, 0.05) is 6.42 Å². The average Bonchev–Trinajstić information content (AvgIpc) is 2.22. The van der Waals surface area contributed by atoms with Gasteiger partial charge in [0.15, 0.2) is 0 Å². The van der Waals surface area contributed by atoms with E-state index in [2.05, 4.69) is 0 Å². The van der Waals surface area contributed by atoms with E-state index in [0.717, 1.165) is 37.5 Å². The summed E-state index contributed by atoms with van der Waals surface area (Å²) < 4.78 is 0. The number of aliphatic hydroxyl groups is 1. The fourth-order valence-corrected chi connectivity index (χ4v) is 4.72. The molecular formula is C13H20O3. The molecule has 4 fully saturated rings. The van der Waals surface area contributed by atoms with Crippen molar-refractivity contribution in [3.8, 4) is 0 Å². The van der Waals surface area contributed by atoms with E-state index >= 15 is 0 Å². The standard InChI is InChI=1S/C13H20O3/c14-12(15)1-2-13(16)10-4-8-3-9(6-10)7-11(13)5-8/h8-11,16H,1-7H2,(H,14,15). The lowest BCUT2D eigenvalue weighted by Crippen LogP contribution is -2.57. The van der Waals surface area contributed by atoms with Gasteiger partial charge in [-0.15, -0.1) is 0 Å². The Morgan fingerprint density at radius 3 is 2.00 bits per heavy atom. The molecule has 0 radical (unpaired) electrons. The molecule has 0 aliphatic heterocycles. The van der Waals surface area contributed by atoms with E-state index < -0.39 is 11.6 Å². The number of carboxylic acids is 1. The van der Waals surface area contributed by atoms with E-state index in [9.17, 15) is 9.90 Å². The Balaban J connectivity index is 1.77. The molecule has 4 rings (SSSR count). The summed E-state index contributed by atoms with van der Waals surface area (Å²) in [5.74, 6) is 1.66. The minimum Gasteiger partial charge on any atom is -0.481 e. The maximum atomic E-state index is 10.8. The predicted molar refractivity (Wildman–Crippen MR) is 58.9 cm³/mol. The van der Waals surface area contributed by atoms with Gasteiger partial charge in [0.25, 0.3) is 0 Å². The minimum absolute atomic E-state index is 0.124. The van der Waals surface area contributed by atoms with E-state index in [0.29, 0.717) is 18.3 Å². The van der Waals surface area contributed by atoms with Crippen molar-refractivity contribution in [2.75, 3.05) is 0 Å². The molecule has 0 aromatic heterocycles. The third kappa shape index (κ3) is 1.48. The van der Waals surface area contributed by atoms with Crippen LogP contribution in [0, 0.1) is 23.7 Å². The van der Waals surface area contributed by atoms with Crippen LogP contribution in [-0.4, -0.2) is 21.8 Å². The third-order valence-corrected chi connectivity index (χ3v) is 5.29. The minimum atomic E-state index is -0.776. The van der Waals surface area contributed by atoms with Crippen molar-refractivity contribution in [2.24, 2.45) is 23.7 Å². The summed E-state index contributed by atoms with van der Waals surface area (Å²) >= 11 is 0. The van der Waals surface area contributed by atoms with Gasteiger partial charge in [-0.05, 0) is 62.2 Å². The molecule has 0 heterocycles. The maximum absolute atomic E-state index is 10.8. The molecule has 4 aliphatic carbocycles. The molecule has 2 N–H and O–H groups in total. The second-order valence-corrected chi connectivity index (χ2v) is 6.19. The van der Waals surface area contributed by atoms with Gasteiger partial charge < -0.3 is 10.2 Å². The number of aliphatic carboxylic acids is 1. The summed E-state index contributed by atoms with van der Waals surface area (Å²) in [6, 6.07) is 0. The maximum Gasteiger partial charge on any atom is 0.303 e. The van der Waals surface area contributed by atoms with Crippen LogP contribution < -0.4 is 0 Å². The van der Waals surface area contributed by atoms with Gasteiger partial charge in [0.1, 0.15) is 0 Å². The summed E-state index contributed by atoms with van der Waals surface area (Å²) in [7, 11) is 0. The van der Waals surface area contributed by atoms with Crippen molar-refractivity contribution < 1.29 is 15.0 Å². The van der Waals surface area contributed by atoms with Crippen molar-refractivity contribution in [3.05, 3.63) is 0 Å². The number of hydrogen-bond donors (Lipinski definition) is 2. The van der Waals surface area contributed by atoms with Crippen LogP contribution in [0.15, 0.2) is 0 Å². The van der Waals surface area contributed by atoms with Gasteiger partial charge in [-0.1, -0.05) is 0 Å². The molecule has 0 saturated heterocycles. The monoisotopic (exact) mass is 224 g/mol. The van der Waals surface area contributed by atoms with Gasteiger partial charge in [0.05, 0.1) is 5.60 Å². The second-order valence-electron chi connectivity index (χ2n) is 6.19. The van der Waals surface area contributed by atoms with Crippen molar-refractivity contribution in [1.82, 2.24) is 0 Å². The van der Waals surface area contributed by atoms with Crippen LogP contribution in [0.4, 0.5) is 0 Å². The first-order valence-corrected chi connectivity index (χ1v) is 6.52. The van der Waals surface area contributed by atoms with Gasteiger partial charge in [-0.25, -0.2) is 0 Å². The molecule has 0 aromatic rings. The number of carboxylic acid groups (broad SMARTS) is 1. The number of rotatable bonds is 3. The molecule has 0 atom stereocenters. The highest BCUT2D eigenvalue weighted by atomic mass is 16.4. The van der Waals surface area contributed by atoms with Crippen LogP contribution in [-0.2, 0) is 4.79 Å². The zero-order valence-electron chi connectivity index (χ0n) is 9.56. The molecule has 90 valence electrons. The predicted octanol–water partition coefficient (Wildman–Crippen LogP) is 2.04. The Morgan fingerprint density at radius 1 is 1.06 bits per heavy atom. The molecule has 0 aromatic carbocycles. The lowest BCUT2D eigenvalue weighted by molar-refractivity contribution is -0.179. The fourth-order valence-electron chi connectivity index (χ4n) is 4.72. The SMILES string of the molecule is O=C(O)CCC1(O)C2CC3CC(C2)CC1C3. The topological polar surface area (TPSA) is 57.5 Å². The molecule has 4 bridgehead atoms. The molecule has 3 heteroatoms. The molecular weight excluding hydrogens is 204 g/mol. The molecule has 0 unspecified atom stereocenters. The van der Waals surface area contributed by atoms with Gasteiger partial charge in [-0.3, -0.25) is 4.79 Å². The van der Waals surface area contributed by atoms with Crippen LogP contribution in [0.5, 0.6) is 0 Å². The molecule has 4 aliphatic rings. The smallest absolute Gasteiger partial charge is 0.303 e. The lowest BCUT2D eigenvalue weighted by Gasteiger charge is -2.59. The molecule has 4 saturated carbocycles. The summed E-state index contributed by atoms with van der Waals surface area (Å²) in [4.78, 5) is 10.7. The van der Waals surface area contributed by atoms with Crippen molar-refractivity contribution >= 4 is 5.97 Å². The van der Waals surface area contributed by atoms with E-state index in [1.807, 2.05) is 0 Å². The molecule has 0 amide bonds. The third-order valence-electron chi connectivity index (χ3n) is 5.29. The van der Waals surface area contributed by atoms with Crippen molar-refractivity contribution in [1.29, 1.82) is 0 Å². The number of carbonyl (C=O) groups is 1. The Kier molecular flexibility index (Phi) is 2.29. The van der Waals surface area contributed by atoms with Crippen molar-refractivity contribution in [2.45, 2.75) is 50.5 Å². The van der Waals surface area contributed by atoms with Crippen LogP contribution in [0.3, 0.4) is 0 Å².